The van der Waals surface area contributed by atoms with Gasteiger partial charge in [0.15, 0.2) is 0 Å². The molecule has 0 aliphatic heterocycles. The first-order chi connectivity index (χ1) is 7.85. The van der Waals surface area contributed by atoms with Gasteiger partial charge in [-0.3, -0.25) is 9.79 Å². The van der Waals surface area contributed by atoms with Crippen molar-refractivity contribution >= 4 is 23.6 Å². The van der Waals surface area contributed by atoms with Gasteiger partial charge in [-0.15, -0.1) is 0 Å². The number of carboxylic acids is 1. The average molecular weight is 265 g/mol. The first-order valence-corrected chi connectivity index (χ1v) is 6.37. The van der Waals surface area contributed by atoms with Crippen LogP contribution in [0.15, 0.2) is 4.99 Å². The number of carbonyl (C=O) groups is 1. The maximum atomic E-state index is 12.7. The van der Waals surface area contributed by atoms with Crippen LogP contribution in [0.5, 0.6) is 0 Å². The van der Waals surface area contributed by atoms with Crippen molar-refractivity contribution in [1.82, 2.24) is 0 Å². The summed E-state index contributed by atoms with van der Waals surface area (Å²) in [6.45, 7) is 2.97. The number of thioether (sulfide) groups is 1. The first-order valence-electron chi connectivity index (χ1n) is 5.32. The van der Waals surface area contributed by atoms with Crippen molar-refractivity contribution in [3.05, 3.63) is 0 Å². The van der Waals surface area contributed by atoms with Gasteiger partial charge in [-0.05, 0) is 13.3 Å². The predicted octanol–water partition coefficient (Wildman–Crippen LogP) is 0.627. The molecular formula is C10H20FN3O2S. The van der Waals surface area contributed by atoms with Crippen LogP contribution < -0.4 is 11.5 Å². The van der Waals surface area contributed by atoms with Crippen LogP contribution in [0.2, 0.25) is 0 Å². The molecule has 0 bridgehead atoms. The lowest BCUT2D eigenvalue weighted by Crippen LogP contribution is -2.50. The number of alkyl halides is 1. The van der Waals surface area contributed by atoms with Gasteiger partial charge in [-0.25, -0.2) is 4.39 Å². The smallest absolute Gasteiger partial charge is 0.324 e. The first kappa shape index (κ1) is 16.2. The second-order valence-electron chi connectivity index (χ2n) is 3.88. The van der Waals surface area contributed by atoms with Crippen LogP contribution in [0.1, 0.15) is 20.3 Å². The summed E-state index contributed by atoms with van der Waals surface area (Å²) in [5, 5.41) is 8.56. The number of nitrogens with two attached hydrogens (primary N) is 2. The number of hydrogen-bond acceptors (Lipinski definition) is 4. The fourth-order valence-corrected chi connectivity index (χ4v) is 2.10. The van der Waals surface area contributed by atoms with Crippen LogP contribution in [-0.4, -0.2) is 46.7 Å². The van der Waals surface area contributed by atoms with E-state index in [0.717, 1.165) is 0 Å². The molecule has 0 radical (unpaired) electrons. The topological polar surface area (TPSA) is 102 Å². The number of aliphatic carboxylic acids is 1. The van der Waals surface area contributed by atoms with E-state index in [9.17, 15) is 9.18 Å². The highest BCUT2D eigenvalue weighted by molar-refractivity contribution is 8.00. The van der Waals surface area contributed by atoms with Crippen molar-refractivity contribution in [2.75, 3.05) is 19.0 Å². The largest absolute Gasteiger partial charge is 0.480 e. The van der Waals surface area contributed by atoms with E-state index >= 15 is 0 Å². The molecule has 0 aromatic heterocycles. The lowest BCUT2D eigenvalue weighted by molar-refractivity contribution is -0.142. The molecule has 0 fully saturated rings. The van der Waals surface area contributed by atoms with Crippen LogP contribution in [0, 0.1) is 0 Å². The van der Waals surface area contributed by atoms with Gasteiger partial charge in [0.2, 0.25) is 0 Å². The lowest BCUT2D eigenvalue weighted by atomic mass is 10.0. The normalized spacial score (nSPS) is 17.5. The van der Waals surface area contributed by atoms with E-state index in [1.807, 2.05) is 0 Å². The summed E-state index contributed by atoms with van der Waals surface area (Å²) >= 11 is 1.18. The van der Waals surface area contributed by atoms with E-state index in [-0.39, 0.29) is 12.3 Å². The Morgan fingerprint density at radius 2 is 2.24 bits per heavy atom. The second-order valence-corrected chi connectivity index (χ2v) is 5.17. The summed E-state index contributed by atoms with van der Waals surface area (Å²) in [6.07, 6.45) is 0.299. The summed E-state index contributed by atoms with van der Waals surface area (Å²) in [5.74, 6) is -0.521. The van der Waals surface area contributed by atoms with E-state index in [0.29, 0.717) is 12.3 Å². The maximum absolute atomic E-state index is 12.7. The van der Waals surface area contributed by atoms with E-state index in [1.165, 1.54) is 11.8 Å². The van der Waals surface area contributed by atoms with Gasteiger partial charge in [-0.1, -0.05) is 6.92 Å². The second kappa shape index (κ2) is 7.50. The minimum Gasteiger partial charge on any atom is -0.480 e. The van der Waals surface area contributed by atoms with Gasteiger partial charge >= 0.3 is 5.97 Å². The fourth-order valence-electron chi connectivity index (χ4n) is 0.973. The summed E-state index contributed by atoms with van der Waals surface area (Å²) in [5.41, 5.74) is 9.74. The van der Waals surface area contributed by atoms with E-state index in [2.05, 4.69) is 4.99 Å². The Hall–Kier alpha value is -0.820. The van der Waals surface area contributed by atoms with Crippen molar-refractivity contribution in [3.63, 3.8) is 0 Å². The van der Waals surface area contributed by atoms with E-state index < -0.39 is 23.4 Å². The quantitative estimate of drug-likeness (QED) is 0.441. The van der Waals surface area contributed by atoms with Crippen LogP contribution >= 0.6 is 11.8 Å². The third kappa shape index (κ3) is 5.88. The molecule has 0 aliphatic rings. The van der Waals surface area contributed by atoms with Crippen molar-refractivity contribution in [1.29, 1.82) is 0 Å². The predicted molar refractivity (Wildman–Crippen MR) is 69.2 cm³/mol. The highest BCUT2D eigenvalue weighted by Gasteiger charge is 2.32. The van der Waals surface area contributed by atoms with Gasteiger partial charge in [0.25, 0.3) is 0 Å². The lowest BCUT2D eigenvalue weighted by Gasteiger charge is -2.24. The zero-order valence-electron chi connectivity index (χ0n) is 10.1. The summed E-state index contributed by atoms with van der Waals surface area (Å²) in [6, 6.07) is 0. The van der Waals surface area contributed by atoms with Gasteiger partial charge < -0.3 is 16.6 Å². The molecule has 0 amide bonds. The maximum Gasteiger partial charge on any atom is 0.324 e. The molecule has 5 N–H and O–H groups in total. The van der Waals surface area contributed by atoms with Crippen molar-refractivity contribution in [2.45, 2.75) is 31.1 Å². The van der Waals surface area contributed by atoms with Gasteiger partial charge in [0, 0.05) is 5.75 Å². The Labute approximate surface area is 105 Å². The molecule has 17 heavy (non-hydrogen) atoms. The molecule has 0 spiro atoms. The van der Waals surface area contributed by atoms with Crippen LogP contribution in [0.4, 0.5) is 4.39 Å². The fraction of sp³-hybridized carbons (Fsp3) is 0.800. The molecule has 0 saturated carbocycles. The van der Waals surface area contributed by atoms with E-state index in [4.69, 9.17) is 16.6 Å². The zero-order chi connectivity index (χ0) is 13.5. The molecule has 100 valence electrons. The van der Waals surface area contributed by atoms with Crippen molar-refractivity contribution in [2.24, 2.45) is 16.5 Å². The van der Waals surface area contributed by atoms with Crippen LogP contribution in [0.25, 0.3) is 0 Å². The Bertz CT molecular complexity index is 285. The van der Waals surface area contributed by atoms with Gasteiger partial charge in [-0.2, -0.15) is 11.8 Å². The molecule has 0 aliphatic carbocycles. The van der Waals surface area contributed by atoms with Crippen molar-refractivity contribution < 1.29 is 14.3 Å². The number of halogens is 1. The monoisotopic (exact) mass is 265 g/mol. The molecule has 7 heteroatoms. The molecule has 2 atom stereocenters. The number of nitrogens with zero attached hydrogens (tertiary/aromatic N) is 1. The Balaban J connectivity index is 4.31. The number of aliphatic imine (C=N–C) groups is 1. The Kier molecular flexibility index (Phi) is 7.13. The third-order valence-corrected chi connectivity index (χ3v) is 3.78. The zero-order valence-corrected chi connectivity index (χ0v) is 11.0. The summed E-state index contributed by atoms with van der Waals surface area (Å²) < 4.78 is 12.7. The van der Waals surface area contributed by atoms with Gasteiger partial charge in [0.05, 0.1) is 17.6 Å². The molecular weight excluding hydrogens is 245 g/mol. The number of hydrogen-bond donors (Lipinski definition) is 3. The Morgan fingerprint density at radius 3 is 2.59 bits per heavy atom. The van der Waals surface area contributed by atoms with Crippen LogP contribution in [0.3, 0.4) is 0 Å². The molecule has 2 unspecified atom stereocenters. The molecule has 0 saturated heterocycles. The number of carboxylic acid groups (broad SMARTS) is 1. The average Bonchev–Trinajstić information content (AvgIpc) is 2.28. The standard InChI is InChI=1S/C10H20FN3O2S/c1-3-10(13,9(15)16)6-17-8(4-11)5-14-7(2)12/h8H,3-6,13H2,1-2H3,(H2,12,14)(H,15,16). The summed E-state index contributed by atoms with van der Waals surface area (Å²) in [4.78, 5) is 14.9. The van der Waals surface area contributed by atoms with E-state index in [1.54, 1.807) is 13.8 Å². The number of amidine groups is 1. The minimum absolute atomic E-state index is 0.159. The Morgan fingerprint density at radius 1 is 1.65 bits per heavy atom. The molecule has 5 nitrogen and oxygen atoms in total. The molecule has 0 aromatic carbocycles. The van der Waals surface area contributed by atoms with Crippen LogP contribution in [-0.2, 0) is 4.79 Å². The molecule has 0 aromatic rings. The minimum atomic E-state index is -1.31. The molecule has 0 rings (SSSR count). The summed E-state index contributed by atoms with van der Waals surface area (Å²) in [7, 11) is 0. The van der Waals surface area contributed by atoms with Gasteiger partial charge in [0.1, 0.15) is 12.2 Å². The number of rotatable bonds is 8. The van der Waals surface area contributed by atoms with Crippen molar-refractivity contribution in [3.8, 4) is 0 Å². The third-order valence-electron chi connectivity index (χ3n) is 2.35. The highest BCUT2D eigenvalue weighted by atomic mass is 32.2. The SMILES string of the molecule is CCC(N)(CSC(CF)CN=C(C)N)C(=O)O. The highest BCUT2D eigenvalue weighted by Crippen LogP contribution is 2.20. The molecule has 0 heterocycles.